The van der Waals surface area contributed by atoms with Gasteiger partial charge in [-0.3, -0.25) is 0 Å². The molecule has 1 aromatic rings. The van der Waals surface area contributed by atoms with Gasteiger partial charge in [0.05, 0.1) is 19.8 Å². The van der Waals surface area contributed by atoms with E-state index in [1.165, 1.54) is 44.6 Å². The molecule has 28 heavy (non-hydrogen) atoms. The Balaban J connectivity index is 2.69. The van der Waals surface area contributed by atoms with E-state index in [4.69, 9.17) is 14.2 Å². The average molecular weight is 391 g/mol. The van der Waals surface area contributed by atoms with E-state index in [0.29, 0.717) is 19.8 Å². The molecule has 0 bridgehead atoms. The van der Waals surface area contributed by atoms with Crippen molar-refractivity contribution < 1.29 is 19.0 Å². The van der Waals surface area contributed by atoms with Gasteiger partial charge < -0.3 is 14.2 Å². The van der Waals surface area contributed by atoms with E-state index in [9.17, 15) is 4.79 Å². The highest BCUT2D eigenvalue weighted by molar-refractivity contribution is 5.87. The van der Waals surface area contributed by atoms with Gasteiger partial charge in [-0.15, -0.1) is 0 Å². The zero-order valence-electron chi connectivity index (χ0n) is 18.0. The van der Waals surface area contributed by atoms with Crippen LogP contribution in [-0.2, 0) is 9.53 Å². The van der Waals surface area contributed by atoms with Crippen LogP contribution in [0.3, 0.4) is 0 Å². The second-order valence-electron chi connectivity index (χ2n) is 7.03. The van der Waals surface area contributed by atoms with Crippen LogP contribution in [0.1, 0.15) is 84.1 Å². The number of hydrogen-bond acceptors (Lipinski definition) is 4. The van der Waals surface area contributed by atoms with Gasteiger partial charge in [-0.1, -0.05) is 65.4 Å². The quantitative estimate of drug-likeness (QED) is 0.182. The summed E-state index contributed by atoms with van der Waals surface area (Å²) in [4.78, 5) is 11.7. The first-order valence-corrected chi connectivity index (χ1v) is 11.0. The highest BCUT2D eigenvalue weighted by Crippen LogP contribution is 2.29. The van der Waals surface area contributed by atoms with Crippen LogP contribution >= 0.6 is 0 Å². The molecule has 4 heteroatoms. The minimum absolute atomic E-state index is 0.319. The lowest BCUT2D eigenvalue weighted by Crippen LogP contribution is -2.03. The molecular weight excluding hydrogens is 352 g/mol. The summed E-state index contributed by atoms with van der Waals surface area (Å²) in [5, 5.41) is 0. The summed E-state index contributed by atoms with van der Waals surface area (Å²) in [6.07, 6.45) is 13.4. The molecule has 0 N–H and O–H groups in total. The zero-order valence-corrected chi connectivity index (χ0v) is 18.0. The van der Waals surface area contributed by atoms with Crippen LogP contribution in [0.4, 0.5) is 0 Å². The van der Waals surface area contributed by atoms with E-state index in [1.54, 1.807) is 6.08 Å². The van der Waals surface area contributed by atoms with Crippen LogP contribution in [0.15, 0.2) is 24.3 Å². The van der Waals surface area contributed by atoms with Crippen molar-refractivity contribution in [3.8, 4) is 11.5 Å². The van der Waals surface area contributed by atoms with Gasteiger partial charge in [-0.2, -0.15) is 0 Å². The lowest BCUT2D eigenvalue weighted by molar-refractivity contribution is -0.137. The molecule has 0 aliphatic heterocycles. The van der Waals surface area contributed by atoms with E-state index >= 15 is 0 Å². The summed E-state index contributed by atoms with van der Waals surface area (Å²) in [5.41, 5.74) is 0.898. The molecule has 0 spiro atoms. The molecule has 1 aromatic carbocycles. The van der Waals surface area contributed by atoms with Gasteiger partial charge in [0.1, 0.15) is 0 Å². The van der Waals surface area contributed by atoms with Crippen molar-refractivity contribution in [1.29, 1.82) is 0 Å². The number of carbonyl (C=O) groups excluding carboxylic acids is 1. The van der Waals surface area contributed by atoms with Crippen LogP contribution in [0.2, 0.25) is 0 Å². The normalized spacial score (nSPS) is 11.0. The van der Waals surface area contributed by atoms with Crippen LogP contribution in [-0.4, -0.2) is 25.8 Å². The van der Waals surface area contributed by atoms with Crippen molar-refractivity contribution in [1.82, 2.24) is 0 Å². The third-order valence-electron chi connectivity index (χ3n) is 4.34. The van der Waals surface area contributed by atoms with Crippen molar-refractivity contribution in [2.45, 2.75) is 78.6 Å². The summed E-state index contributed by atoms with van der Waals surface area (Å²) in [7, 11) is 0. The maximum atomic E-state index is 11.7. The average Bonchev–Trinajstić information content (AvgIpc) is 2.71. The van der Waals surface area contributed by atoms with Crippen LogP contribution in [0.25, 0.3) is 6.08 Å². The van der Waals surface area contributed by atoms with Gasteiger partial charge in [-0.05, 0) is 43.0 Å². The standard InChI is InChI=1S/C24H38O4/c1-4-7-9-11-18-26-22-15-13-21(14-16-24(25)28-17-6-3)20-23(22)27-19-12-10-8-5-2/h13-16,20H,4-12,17-19H2,1-3H3. The molecule has 0 amide bonds. The van der Waals surface area contributed by atoms with Crippen LogP contribution in [0, 0.1) is 0 Å². The summed E-state index contributed by atoms with van der Waals surface area (Å²) in [5.74, 6) is 1.20. The van der Waals surface area contributed by atoms with Crippen LogP contribution in [0.5, 0.6) is 11.5 Å². The third-order valence-corrected chi connectivity index (χ3v) is 4.34. The SMILES string of the molecule is CCCCCCOc1ccc(C=CC(=O)OCCC)cc1OCCCCCC. The minimum atomic E-state index is -0.319. The summed E-state index contributed by atoms with van der Waals surface area (Å²) in [6, 6.07) is 5.80. The third kappa shape index (κ3) is 11.0. The molecule has 158 valence electrons. The number of carbonyl (C=O) groups is 1. The molecule has 0 saturated carbocycles. The van der Waals surface area contributed by atoms with E-state index in [1.807, 2.05) is 25.1 Å². The smallest absolute Gasteiger partial charge is 0.330 e. The maximum absolute atomic E-state index is 11.7. The Hall–Kier alpha value is -1.97. The first kappa shape index (κ1) is 24.1. The Kier molecular flexibility index (Phi) is 13.8. The maximum Gasteiger partial charge on any atom is 0.330 e. The highest BCUT2D eigenvalue weighted by atomic mass is 16.5. The summed E-state index contributed by atoms with van der Waals surface area (Å²) >= 11 is 0. The molecule has 1 rings (SSSR count). The second kappa shape index (κ2) is 16.0. The van der Waals surface area contributed by atoms with E-state index in [2.05, 4.69) is 13.8 Å². The van der Waals surface area contributed by atoms with Crippen molar-refractivity contribution in [2.24, 2.45) is 0 Å². The van der Waals surface area contributed by atoms with Gasteiger partial charge in [0.2, 0.25) is 0 Å². The minimum Gasteiger partial charge on any atom is -0.490 e. The Morgan fingerprint density at radius 1 is 0.786 bits per heavy atom. The summed E-state index contributed by atoms with van der Waals surface area (Å²) < 4.78 is 17.0. The number of benzene rings is 1. The molecule has 0 atom stereocenters. The molecule has 0 aromatic heterocycles. The van der Waals surface area contributed by atoms with E-state index < -0.39 is 0 Å². The van der Waals surface area contributed by atoms with E-state index in [-0.39, 0.29) is 5.97 Å². The molecule has 0 unspecified atom stereocenters. The first-order valence-electron chi connectivity index (χ1n) is 11.0. The molecule has 0 radical (unpaired) electrons. The van der Waals surface area contributed by atoms with Gasteiger partial charge >= 0.3 is 5.97 Å². The van der Waals surface area contributed by atoms with Gasteiger partial charge in [-0.25, -0.2) is 4.79 Å². The fourth-order valence-electron chi connectivity index (χ4n) is 2.70. The predicted octanol–water partition coefficient (Wildman–Crippen LogP) is 6.57. The van der Waals surface area contributed by atoms with Crippen molar-refractivity contribution in [3.63, 3.8) is 0 Å². The largest absolute Gasteiger partial charge is 0.490 e. The topological polar surface area (TPSA) is 44.8 Å². The number of rotatable bonds is 16. The van der Waals surface area contributed by atoms with Gasteiger partial charge in [0.15, 0.2) is 11.5 Å². The van der Waals surface area contributed by atoms with Gasteiger partial charge in [0, 0.05) is 6.08 Å². The Bertz CT molecular complexity index is 566. The van der Waals surface area contributed by atoms with Crippen LogP contribution < -0.4 is 9.47 Å². The number of unbranched alkanes of at least 4 members (excludes halogenated alkanes) is 6. The molecule has 0 aliphatic rings. The highest BCUT2D eigenvalue weighted by Gasteiger charge is 2.07. The fraction of sp³-hybridized carbons (Fsp3) is 0.625. The second-order valence-corrected chi connectivity index (χ2v) is 7.03. The molecule has 4 nitrogen and oxygen atoms in total. The number of esters is 1. The Morgan fingerprint density at radius 2 is 1.43 bits per heavy atom. The lowest BCUT2D eigenvalue weighted by Gasteiger charge is -2.14. The molecule has 0 fully saturated rings. The van der Waals surface area contributed by atoms with Gasteiger partial charge in [0.25, 0.3) is 0 Å². The number of ether oxygens (including phenoxy) is 3. The Morgan fingerprint density at radius 3 is 2.04 bits per heavy atom. The molecule has 0 heterocycles. The first-order chi connectivity index (χ1) is 13.7. The predicted molar refractivity (Wildman–Crippen MR) is 116 cm³/mol. The molecular formula is C24H38O4. The molecule has 0 saturated heterocycles. The fourth-order valence-corrected chi connectivity index (χ4v) is 2.70. The van der Waals surface area contributed by atoms with E-state index in [0.717, 1.165) is 36.3 Å². The lowest BCUT2D eigenvalue weighted by atomic mass is 10.2. The van der Waals surface area contributed by atoms with Crippen molar-refractivity contribution in [2.75, 3.05) is 19.8 Å². The van der Waals surface area contributed by atoms with Crippen molar-refractivity contribution >= 4 is 12.0 Å². The Labute approximate surface area is 171 Å². The number of hydrogen-bond donors (Lipinski definition) is 0. The summed E-state index contributed by atoms with van der Waals surface area (Å²) in [6.45, 7) is 8.20. The van der Waals surface area contributed by atoms with Crippen molar-refractivity contribution in [3.05, 3.63) is 29.8 Å². The zero-order chi connectivity index (χ0) is 20.5. The monoisotopic (exact) mass is 390 g/mol. The molecule has 0 aliphatic carbocycles.